The lowest BCUT2D eigenvalue weighted by Crippen LogP contribution is -2.67. The second-order valence-electron chi connectivity index (χ2n) is 5.40. The molecule has 3 aliphatic rings. The minimum absolute atomic E-state index is 0.303. The summed E-state index contributed by atoms with van der Waals surface area (Å²) in [7, 11) is 1.95. The number of hydrogen-bond donors (Lipinski definition) is 2. The third kappa shape index (κ3) is 2.29. The number of aryl methyl sites for hydroxylation is 1. The number of piperazine rings is 3. The molecule has 2 atom stereocenters. The predicted molar refractivity (Wildman–Crippen MR) is 69.8 cm³/mol. The number of rotatable bonds is 4. The van der Waals surface area contributed by atoms with Gasteiger partial charge >= 0.3 is 0 Å². The van der Waals surface area contributed by atoms with Crippen molar-refractivity contribution in [3.8, 4) is 0 Å². The van der Waals surface area contributed by atoms with Crippen LogP contribution in [0.15, 0.2) is 12.4 Å². The summed E-state index contributed by atoms with van der Waals surface area (Å²) in [5, 5.41) is 4.22. The van der Waals surface area contributed by atoms with E-state index in [0.29, 0.717) is 12.1 Å². The van der Waals surface area contributed by atoms with Crippen molar-refractivity contribution in [1.82, 2.24) is 25.0 Å². The minimum Gasteiger partial charge on any atom is -0.299 e. The Kier molecular flexibility index (Phi) is 3.34. The van der Waals surface area contributed by atoms with Gasteiger partial charge in [-0.3, -0.25) is 25.8 Å². The van der Waals surface area contributed by atoms with E-state index in [1.807, 2.05) is 17.9 Å². The first-order valence-corrected chi connectivity index (χ1v) is 6.66. The average molecular weight is 250 g/mol. The number of aromatic nitrogens is 2. The van der Waals surface area contributed by atoms with Gasteiger partial charge in [0.15, 0.2) is 0 Å². The fraction of sp³-hybridized carbons (Fsp3) is 0.750. The molecule has 0 aliphatic carbocycles. The van der Waals surface area contributed by atoms with Crippen LogP contribution in [-0.2, 0) is 13.5 Å². The molecule has 3 N–H and O–H groups in total. The van der Waals surface area contributed by atoms with E-state index in [0.717, 1.165) is 13.0 Å². The Labute approximate surface area is 108 Å². The molecule has 4 heterocycles. The molecule has 2 bridgehead atoms. The van der Waals surface area contributed by atoms with Crippen LogP contribution < -0.4 is 11.3 Å². The highest BCUT2D eigenvalue weighted by Crippen LogP contribution is 2.19. The van der Waals surface area contributed by atoms with Gasteiger partial charge in [0.25, 0.3) is 0 Å². The lowest BCUT2D eigenvalue weighted by atomic mass is 9.96. The zero-order valence-corrected chi connectivity index (χ0v) is 10.9. The molecule has 100 valence electrons. The molecule has 3 fully saturated rings. The maximum absolute atomic E-state index is 5.77. The van der Waals surface area contributed by atoms with Crippen LogP contribution >= 0.6 is 0 Å². The molecule has 6 nitrogen and oxygen atoms in total. The van der Waals surface area contributed by atoms with Crippen molar-refractivity contribution in [2.75, 3.05) is 32.7 Å². The van der Waals surface area contributed by atoms with E-state index in [4.69, 9.17) is 5.84 Å². The second kappa shape index (κ2) is 4.97. The van der Waals surface area contributed by atoms with Gasteiger partial charge in [0.1, 0.15) is 0 Å². The van der Waals surface area contributed by atoms with Crippen molar-refractivity contribution in [1.29, 1.82) is 0 Å². The van der Waals surface area contributed by atoms with Crippen molar-refractivity contribution >= 4 is 0 Å². The summed E-state index contributed by atoms with van der Waals surface area (Å²) in [5.41, 5.74) is 4.26. The standard InChI is InChI=1S/C12H22N6/c1-16-8-10(7-14-16)6-11(15-13)12-9-17-2-4-18(12)5-3-17/h7-8,11-12,15H,2-6,9,13H2,1H3. The monoisotopic (exact) mass is 250 g/mol. The maximum atomic E-state index is 5.77. The fourth-order valence-electron chi connectivity index (χ4n) is 3.18. The van der Waals surface area contributed by atoms with Crippen LogP contribution in [0.2, 0.25) is 0 Å². The van der Waals surface area contributed by atoms with Gasteiger partial charge in [0.05, 0.1) is 6.20 Å². The van der Waals surface area contributed by atoms with Crippen LogP contribution in [-0.4, -0.2) is 64.4 Å². The third-order valence-corrected chi connectivity index (χ3v) is 4.21. The molecule has 18 heavy (non-hydrogen) atoms. The molecule has 0 aromatic carbocycles. The first-order chi connectivity index (χ1) is 8.76. The highest BCUT2D eigenvalue weighted by molar-refractivity contribution is 5.08. The predicted octanol–water partition coefficient (Wildman–Crippen LogP) is -1.21. The summed E-state index contributed by atoms with van der Waals surface area (Å²) in [4.78, 5) is 5.11. The number of hydrazine groups is 1. The summed E-state index contributed by atoms with van der Waals surface area (Å²) < 4.78 is 1.85. The van der Waals surface area contributed by atoms with Gasteiger partial charge in [0, 0.05) is 58.1 Å². The lowest BCUT2D eigenvalue weighted by Gasteiger charge is -2.50. The van der Waals surface area contributed by atoms with Crippen LogP contribution in [0.3, 0.4) is 0 Å². The van der Waals surface area contributed by atoms with E-state index in [2.05, 4.69) is 26.5 Å². The molecule has 1 aromatic heterocycles. The maximum Gasteiger partial charge on any atom is 0.0522 e. The highest BCUT2D eigenvalue weighted by Gasteiger charge is 2.36. The van der Waals surface area contributed by atoms with Gasteiger partial charge in [0.2, 0.25) is 0 Å². The number of nitrogens with one attached hydrogen (secondary N) is 1. The van der Waals surface area contributed by atoms with E-state index < -0.39 is 0 Å². The molecule has 0 spiro atoms. The van der Waals surface area contributed by atoms with Crippen molar-refractivity contribution in [3.05, 3.63) is 18.0 Å². The highest BCUT2D eigenvalue weighted by atomic mass is 15.4. The smallest absolute Gasteiger partial charge is 0.0522 e. The number of nitrogens with zero attached hydrogens (tertiary/aromatic N) is 4. The molecule has 0 saturated carbocycles. The van der Waals surface area contributed by atoms with Crippen LogP contribution in [0.4, 0.5) is 0 Å². The summed E-state index contributed by atoms with van der Waals surface area (Å²) >= 11 is 0. The van der Waals surface area contributed by atoms with Crippen LogP contribution in [0.25, 0.3) is 0 Å². The Morgan fingerprint density at radius 1 is 1.44 bits per heavy atom. The zero-order valence-electron chi connectivity index (χ0n) is 10.9. The molecular weight excluding hydrogens is 228 g/mol. The van der Waals surface area contributed by atoms with E-state index in [-0.39, 0.29) is 0 Å². The van der Waals surface area contributed by atoms with E-state index in [1.54, 1.807) is 0 Å². The van der Waals surface area contributed by atoms with Crippen LogP contribution in [0.5, 0.6) is 0 Å². The van der Waals surface area contributed by atoms with Crippen LogP contribution in [0, 0.1) is 0 Å². The van der Waals surface area contributed by atoms with Crippen molar-refractivity contribution < 1.29 is 0 Å². The quantitative estimate of drug-likeness (QED) is 0.519. The van der Waals surface area contributed by atoms with Gasteiger partial charge < -0.3 is 0 Å². The number of fused-ring (bicyclic) bond motifs is 3. The Bertz CT molecular complexity index is 395. The first-order valence-electron chi connectivity index (χ1n) is 6.66. The molecule has 3 aliphatic heterocycles. The number of nitrogens with two attached hydrogens (primary N) is 1. The Morgan fingerprint density at radius 2 is 2.22 bits per heavy atom. The normalized spacial score (nSPS) is 32.7. The third-order valence-electron chi connectivity index (χ3n) is 4.21. The fourth-order valence-corrected chi connectivity index (χ4v) is 3.18. The molecule has 3 saturated heterocycles. The zero-order chi connectivity index (χ0) is 12.5. The van der Waals surface area contributed by atoms with Gasteiger partial charge in [-0.2, -0.15) is 5.10 Å². The SMILES string of the molecule is Cn1cc(CC(NN)C2CN3CCN2CC3)cn1. The molecular formula is C12H22N6. The average Bonchev–Trinajstić information content (AvgIpc) is 2.83. The van der Waals surface area contributed by atoms with Gasteiger partial charge in [-0.1, -0.05) is 0 Å². The topological polar surface area (TPSA) is 62.4 Å². The van der Waals surface area contributed by atoms with Crippen molar-refractivity contribution in [3.63, 3.8) is 0 Å². The molecule has 0 radical (unpaired) electrons. The van der Waals surface area contributed by atoms with Crippen molar-refractivity contribution in [2.45, 2.75) is 18.5 Å². The summed E-state index contributed by atoms with van der Waals surface area (Å²) in [6.45, 7) is 5.91. The molecule has 0 amide bonds. The van der Waals surface area contributed by atoms with Gasteiger partial charge in [-0.05, 0) is 12.0 Å². The van der Waals surface area contributed by atoms with Crippen molar-refractivity contribution in [2.24, 2.45) is 12.9 Å². The molecule has 1 aromatic rings. The molecule has 2 unspecified atom stereocenters. The summed E-state index contributed by atoms with van der Waals surface area (Å²) in [6.07, 6.45) is 4.95. The number of hydrogen-bond acceptors (Lipinski definition) is 5. The summed E-state index contributed by atoms with van der Waals surface area (Å²) in [5.74, 6) is 5.77. The Balaban J connectivity index is 1.68. The van der Waals surface area contributed by atoms with E-state index >= 15 is 0 Å². The van der Waals surface area contributed by atoms with E-state index in [9.17, 15) is 0 Å². The first kappa shape index (κ1) is 12.1. The molecule has 4 rings (SSSR count). The summed E-state index contributed by atoms with van der Waals surface area (Å²) in [6, 6.07) is 0.829. The molecule has 6 heteroatoms. The minimum atomic E-state index is 0.303. The Hall–Kier alpha value is -0.950. The Morgan fingerprint density at radius 3 is 2.72 bits per heavy atom. The lowest BCUT2D eigenvalue weighted by molar-refractivity contribution is -0.00315. The second-order valence-corrected chi connectivity index (χ2v) is 5.40. The van der Waals surface area contributed by atoms with Gasteiger partial charge in [-0.15, -0.1) is 0 Å². The van der Waals surface area contributed by atoms with Crippen LogP contribution in [0.1, 0.15) is 5.56 Å². The van der Waals surface area contributed by atoms with E-state index in [1.165, 1.54) is 31.7 Å². The largest absolute Gasteiger partial charge is 0.299 e. The van der Waals surface area contributed by atoms with Gasteiger partial charge in [-0.25, -0.2) is 0 Å².